The molecule has 2 aromatic rings. The van der Waals surface area contributed by atoms with E-state index in [4.69, 9.17) is 5.26 Å². The summed E-state index contributed by atoms with van der Waals surface area (Å²) in [7, 11) is 0. The fourth-order valence-corrected chi connectivity index (χ4v) is 3.09. The number of benzene rings is 1. The third kappa shape index (κ3) is 4.60. The highest BCUT2D eigenvalue weighted by atomic mass is 16.2. The molecule has 6 nitrogen and oxygen atoms in total. The number of urea groups is 1. The monoisotopic (exact) mass is 337 g/mol. The van der Waals surface area contributed by atoms with E-state index in [0.29, 0.717) is 18.7 Å². The van der Waals surface area contributed by atoms with Crippen LogP contribution in [0.25, 0.3) is 0 Å². The largest absolute Gasteiger partial charge is 0.338 e. The van der Waals surface area contributed by atoms with Gasteiger partial charge in [0.2, 0.25) is 0 Å². The number of carbonyl (C=O) groups is 1. The van der Waals surface area contributed by atoms with Crippen LogP contribution in [0.3, 0.4) is 0 Å². The van der Waals surface area contributed by atoms with Gasteiger partial charge in [0.1, 0.15) is 0 Å². The fraction of sp³-hybridized carbons (Fsp3) is 0.421. The lowest BCUT2D eigenvalue weighted by Crippen LogP contribution is -2.43. The summed E-state index contributed by atoms with van der Waals surface area (Å²) in [4.78, 5) is 18.3. The minimum Gasteiger partial charge on any atom is -0.338 e. The SMILES string of the molecule is N#Cc1ccc(Cn2cncc2CCNC(=O)N2CCCCC2)cc1. The molecular weight excluding hydrogens is 314 g/mol. The molecule has 130 valence electrons. The van der Waals surface area contributed by atoms with Crippen LogP contribution in [0, 0.1) is 11.3 Å². The molecule has 0 aliphatic carbocycles. The number of hydrogen-bond acceptors (Lipinski definition) is 3. The average molecular weight is 337 g/mol. The molecule has 2 heterocycles. The molecule has 3 rings (SSSR count). The third-order valence-electron chi connectivity index (χ3n) is 4.54. The first kappa shape index (κ1) is 17.0. The smallest absolute Gasteiger partial charge is 0.317 e. The quantitative estimate of drug-likeness (QED) is 0.911. The van der Waals surface area contributed by atoms with Gasteiger partial charge in [-0.3, -0.25) is 0 Å². The second kappa shape index (κ2) is 8.34. The maximum absolute atomic E-state index is 12.1. The molecule has 1 aliphatic heterocycles. The van der Waals surface area contributed by atoms with E-state index in [1.807, 2.05) is 35.4 Å². The molecule has 1 saturated heterocycles. The summed E-state index contributed by atoms with van der Waals surface area (Å²) in [6, 6.07) is 9.73. The van der Waals surface area contributed by atoms with Crippen LogP contribution in [-0.4, -0.2) is 40.1 Å². The number of amides is 2. The second-order valence-electron chi connectivity index (χ2n) is 6.35. The van der Waals surface area contributed by atoms with Crippen LogP contribution in [0.1, 0.15) is 36.1 Å². The van der Waals surface area contributed by atoms with Crippen LogP contribution in [0.2, 0.25) is 0 Å². The molecule has 6 heteroatoms. The normalized spacial score (nSPS) is 14.1. The van der Waals surface area contributed by atoms with E-state index in [0.717, 1.165) is 43.6 Å². The first-order valence-corrected chi connectivity index (χ1v) is 8.77. The highest BCUT2D eigenvalue weighted by Crippen LogP contribution is 2.10. The lowest BCUT2D eigenvalue weighted by Gasteiger charge is -2.26. The molecular formula is C19H23N5O. The van der Waals surface area contributed by atoms with Crippen LogP contribution < -0.4 is 5.32 Å². The van der Waals surface area contributed by atoms with E-state index < -0.39 is 0 Å². The van der Waals surface area contributed by atoms with Gasteiger partial charge in [-0.1, -0.05) is 12.1 Å². The number of carbonyl (C=O) groups excluding carboxylic acids is 1. The Hall–Kier alpha value is -2.81. The summed E-state index contributed by atoms with van der Waals surface area (Å²) >= 11 is 0. The van der Waals surface area contributed by atoms with Gasteiger partial charge in [0, 0.05) is 44.5 Å². The van der Waals surface area contributed by atoms with Crippen LogP contribution >= 0.6 is 0 Å². The molecule has 0 saturated carbocycles. The standard InChI is InChI=1S/C19H23N5O/c20-12-16-4-6-17(7-5-16)14-24-15-21-13-18(24)8-9-22-19(25)23-10-2-1-3-11-23/h4-7,13,15H,1-3,8-11,14H2,(H,22,25). The molecule has 1 fully saturated rings. The van der Waals surface area contributed by atoms with E-state index in [1.54, 1.807) is 6.33 Å². The molecule has 1 aliphatic rings. The zero-order valence-electron chi connectivity index (χ0n) is 14.3. The number of hydrogen-bond donors (Lipinski definition) is 1. The van der Waals surface area contributed by atoms with Crippen molar-refractivity contribution in [1.82, 2.24) is 19.8 Å². The lowest BCUT2D eigenvalue weighted by molar-refractivity contribution is 0.186. The molecule has 1 aromatic carbocycles. The van der Waals surface area contributed by atoms with Crippen molar-refractivity contribution >= 4 is 6.03 Å². The number of rotatable bonds is 5. The highest BCUT2D eigenvalue weighted by Gasteiger charge is 2.15. The molecule has 1 aromatic heterocycles. The Kier molecular flexibility index (Phi) is 5.68. The molecule has 0 radical (unpaired) electrons. The van der Waals surface area contributed by atoms with Crippen molar-refractivity contribution < 1.29 is 4.79 Å². The van der Waals surface area contributed by atoms with Crippen molar-refractivity contribution in [1.29, 1.82) is 5.26 Å². The summed E-state index contributed by atoms with van der Waals surface area (Å²) in [5.41, 5.74) is 2.87. The van der Waals surface area contributed by atoms with Gasteiger partial charge >= 0.3 is 6.03 Å². The predicted molar refractivity (Wildman–Crippen MR) is 95.0 cm³/mol. The Bertz CT molecular complexity index is 738. The van der Waals surface area contributed by atoms with E-state index in [1.165, 1.54) is 6.42 Å². The van der Waals surface area contributed by atoms with Crippen molar-refractivity contribution in [3.63, 3.8) is 0 Å². The van der Waals surface area contributed by atoms with Crippen LogP contribution in [0.4, 0.5) is 4.79 Å². The van der Waals surface area contributed by atoms with E-state index in [-0.39, 0.29) is 6.03 Å². The van der Waals surface area contributed by atoms with Crippen molar-refractivity contribution in [2.45, 2.75) is 32.2 Å². The number of imidazole rings is 1. The molecule has 2 amide bonds. The van der Waals surface area contributed by atoms with Crippen LogP contribution in [-0.2, 0) is 13.0 Å². The van der Waals surface area contributed by atoms with Crippen molar-refractivity contribution in [2.24, 2.45) is 0 Å². The summed E-state index contributed by atoms with van der Waals surface area (Å²) in [6.07, 6.45) is 7.82. The Balaban J connectivity index is 1.51. The van der Waals surface area contributed by atoms with Gasteiger partial charge in [-0.05, 0) is 37.0 Å². The number of nitrogens with zero attached hydrogens (tertiary/aromatic N) is 4. The van der Waals surface area contributed by atoms with Gasteiger partial charge < -0.3 is 14.8 Å². The van der Waals surface area contributed by atoms with Gasteiger partial charge in [-0.2, -0.15) is 5.26 Å². The van der Waals surface area contributed by atoms with E-state index in [2.05, 4.69) is 20.9 Å². The molecule has 1 N–H and O–H groups in total. The van der Waals surface area contributed by atoms with E-state index >= 15 is 0 Å². The summed E-state index contributed by atoms with van der Waals surface area (Å²) < 4.78 is 2.08. The van der Waals surface area contributed by atoms with Gasteiger partial charge in [0.25, 0.3) is 0 Å². The Labute approximate surface area is 148 Å². The molecule has 25 heavy (non-hydrogen) atoms. The van der Waals surface area contributed by atoms with E-state index in [9.17, 15) is 4.79 Å². The van der Waals surface area contributed by atoms with Crippen LogP contribution in [0.15, 0.2) is 36.8 Å². The summed E-state index contributed by atoms with van der Waals surface area (Å²) in [6.45, 7) is 3.04. The summed E-state index contributed by atoms with van der Waals surface area (Å²) in [5, 5.41) is 11.9. The number of nitrogens with one attached hydrogen (secondary N) is 1. The van der Waals surface area contributed by atoms with Crippen LogP contribution in [0.5, 0.6) is 0 Å². The number of aromatic nitrogens is 2. The first-order valence-electron chi connectivity index (χ1n) is 8.77. The first-order chi connectivity index (χ1) is 12.3. The minimum atomic E-state index is 0.0397. The fourth-order valence-electron chi connectivity index (χ4n) is 3.09. The van der Waals surface area contributed by atoms with Gasteiger partial charge in [-0.25, -0.2) is 9.78 Å². The topological polar surface area (TPSA) is 74.0 Å². The van der Waals surface area contributed by atoms with Crippen molar-refractivity contribution in [2.75, 3.05) is 19.6 Å². The van der Waals surface area contributed by atoms with Gasteiger partial charge in [0.15, 0.2) is 0 Å². The Morgan fingerprint density at radius 1 is 1.20 bits per heavy atom. The molecule has 0 spiro atoms. The maximum atomic E-state index is 12.1. The molecule has 0 bridgehead atoms. The minimum absolute atomic E-state index is 0.0397. The number of nitriles is 1. The third-order valence-corrected chi connectivity index (χ3v) is 4.54. The average Bonchev–Trinajstić information content (AvgIpc) is 3.10. The van der Waals surface area contributed by atoms with Crippen molar-refractivity contribution in [3.05, 3.63) is 53.6 Å². The number of piperidine rings is 1. The van der Waals surface area contributed by atoms with Gasteiger partial charge in [-0.15, -0.1) is 0 Å². The second-order valence-corrected chi connectivity index (χ2v) is 6.35. The van der Waals surface area contributed by atoms with Crippen molar-refractivity contribution in [3.8, 4) is 6.07 Å². The molecule has 0 atom stereocenters. The lowest BCUT2D eigenvalue weighted by atomic mass is 10.1. The zero-order chi connectivity index (χ0) is 17.5. The summed E-state index contributed by atoms with van der Waals surface area (Å²) in [5.74, 6) is 0. The molecule has 0 unspecified atom stereocenters. The maximum Gasteiger partial charge on any atom is 0.317 e. The highest BCUT2D eigenvalue weighted by molar-refractivity contribution is 5.74. The van der Waals surface area contributed by atoms with Gasteiger partial charge in [0.05, 0.1) is 18.0 Å². The Morgan fingerprint density at radius 3 is 2.68 bits per heavy atom. The number of likely N-dealkylation sites (tertiary alicyclic amines) is 1. The predicted octanol–water partition coefficient (Wildman–Crippen LogP) is 2.54. The zero-order valence-corrected chi connectivity index (χ0v) is 14.3. The Morgan fingerprint density at radius 2 is 1.96 bits per heavy atom.